The molecule has 2 rings (SSSR count). The monoisotopic (exact) mass is 293 g/mol. The molecule has 1 N–H and O–H groups in total. The first kappa shape index (κ1) is 16.3. The maximum Gasteiger partial charge on any atom is 0.119 e. The van der Waals surface area contributed by atoms with Crippen LogP contribution in [-0.2, 0) is 4.74 Å². The first-order chi connectivity index (χ1) is 10.2. The van der Waals surface area contributed by atoms with E-state index in [1.165, 1.54) is 11.1 Å². The van der Waals surface area contributed by atoms with E-state index >= 15 is 0 Å². The highest BCUT2D eigenvalue weighted by molar-refractivity contribution is 5.32. The van der Waals surface area contributed by atoms with Gasteiger partial charge in [0.2, 0.25) is 0 Å². The zero-order valence-corrected chi connectivity index (χ0v) is 13.2. The molecule has 1 saturated heterocycles. The van der Waals surface area contributed by atoms with Crippen LogP contribution < -0.4 is 4.74 Å². The van der Waals surface area contributed by atoms with Crippen LogP contribution in [0.3, 0.4) is 0 Å². The van der Waals surface area contributed by atoms with Crippen LogP contribution in [0.1, 0.15) is 24.0 Å². The van der Waals surface area contributed by atoms with Gasteiger partial charge in [-0.15, -0.1) is 0 Å². The van der Waals surface area contributed by atoms with E-state index in [9.17, 15) is 0 Å². The van der Waals surface area contributed by atoms with Crippen molar-refractivity contribution in [1.82, 2.24) is 4.90 Å². The lowest BCUT2D eigenvalue weighted by atomic mass is 10.1. The molecule has 118 valence electrons. The molecule has 0 radical (unpaired) electrons. The van der Waals surface area contributed by atoms with Gasteiger partial charge in [0.25, 0.3) is 0 Å². The number of aliphatic hydroxyl groups is 1. The Hall–Kier alpha value is -1.10. The first-order valence-electron chi connectivity index (χ1n) is 7.83. The zero-order chi connectivity index (χ0) is 15.1. The van der Waals surface area contributed by atoms with Gasteiger partial charge in [0.1, 0.15) is 12.4 Å². The highest BCUT2D eigenvalue weighted by atomic mass is 16.5. The number of likely N-dealkylation sites (tertiary alicyclic amines) is 1. The molecule has 0 spiro atoms. The van der Waals surface area contributed by atoms with Crippen LogP contribution in [0.4, 0.5) is 0 Å². The second kappa shape index (κ2) is 8.37. The van der Waals surface area contributed by atoms with E-state index in [4.69, 9.17) is 14.6 Å². The molecule has 1 aromatic rings. The Morgan fingerprint density at radius 3 is 2.38 bits per heavy atom. The number of aliphatic hydroxyl groups excluding tert-OH is 1. The quantitative estimate of drug-likeness (QED) is 0.836. The molecule has 4 heteroatoms. The van der Waals surface area contributed by atoms with E-state index in [0.717, 1.165) is 44.8 Å². The number of ether oxygens (including phenoxy) is 2. The summed E-state index contributed by atoms with van der Waals surface area (Å²) in [6, 6.07) is 6.33. The van der Waals surface area contributed by atoms with Crippen LogP contribution in [-0.4, -0.2) is 55.6 Å². The summed E-state index contributed by atoms with van der Waals surface area (Å²) in [6.45, 7) is 8.54. The summed E-state index contributed by atoms with van der Waals surface area (Å²) in [5.41, 5.74) is 2.48. The molecule has 0 atom stereocenters. The Labute approximate surface area is 127 Å². The van der Waals surface area contributed by atoms with Gasteiger partial charge in [-0.05, 0) is 49.9 Å². The summed E-state index contributed by atoms with van der Waals surface area (Å²) in [5, 5.41) is 8.76. The minimum Gasteiger partial charge on any atom is -0.492 e. The van der Waals surface area contributed by atoms with Crippen molar-refractivity contribution < 1.29 is 14.6 Å². The molecule has 0 bridgehead atoms. The first-order valence-corrected chi connectivity index (χ1v) is 7.83. The molecule has 0 saturated carbocycles. The topological polar surface area (TPSA) is 41.9 Å². The maximum absolute atomic E-state index is 8.76. The molecule has 1 aliphatic rings. The van der Waals surface area contributed by atoms with Crippen molar-refractivity contribution in [3.63, 3.8) is 0 Å². The van der Waals surface area contributed by atoms with Crippen LogP contribution in [0.2, 0.25) is 0 Å². The molecule has 0 aliphatic carbocycles. The third-order valence-corrected chi connectivity index (χ3v) is 3.85. The van der Waals surface area contributed by atoms with Crippen LogP contribution in [0.25, 0.3) is 0 Å². The van der Waals surface area contributed by atoms with Crippen LogP contribution in [0, 0.1) is 13.8 Å². The smallest absolute Gasteiger partial charge is 0.119 e. The number of hydrogen-bond acceptors (Lipinski definition) is 4. The molecule has 4 nitrogen and oxygen atoms in total. The van der Waals surface area contributed by atoms with Crippen LogP contribution in [0.5, 0.6) is 5.75 Å². The van der Waals surface area contributed by atoms with Gasteiger partial charge in [0.05, 0.1) is 19.3 Å². The van der Waals surface area contributed by atoms with Crippen molar-refractivity contribution in [3.05, 3.63) is 29.3 Å². The van der Waals surface area contributed by atoms with Crippen molar-refractivity contribution in [1.29, 1.82) is 0 Å². The number of piperidine rings is 1. The van der Waals surface area contributed by atoms with Crippen molar-refractivity contribution in [3.8, 4) is 5.75 Å². The second-order valence-electron chi connectivity index (χ2n) is 5.81. The van der Waals surface area contributed by atoms with Crippen LogP contribution in [0.15, 0.2) is 18.2 Å². The lowest BCUT2D eigenvalue weighted by Gasteiger charge is -2.31. The largest absolute Gasteiger partial charge is 0.492 e. The van der Waals surface area contributed by atoms with Crippen molar-refractivity contribution in [2.24, 2.45) is 0 Å². The minimum atomic E-state index is 0.115. The van der Waals surface area contributed by atoms with Gasteiger partial charge in [-0.1, -0.05) is 6.07 Å². The van der Waals surface area contributed by atoms with E-state index in [1.54, 1.807) is 0 Å². The Bertz CT molecular complexity index is 408. The van der Waals surface area contributed by atoms with Gasteiger partial charge in [-0.25, -0.2) is 0 Å². The zero-order valence-electron chi connectivity index (χ0n) is 13.2. The third-order valence-electron chi connectivity index (χ3n) is 3.85. The Morgan fingerprint density at radius 1 is 1.10 bits per heavy atom. The van der Waals surface area contributed by atoms with E-state index in [1.807, 2.05) is 0 Å². The third kappa shape index (κ3) is 5.65. The molecule has 1 aliphatic heterocycles. The van der Waals surface area contributed by atoms with Gasteiger partial charge < -0.3 is 14.6 Å². The summed E-state index contributed by atoms with van der Waals surface area (Å²) < 4.78 is 11.4. The molecule has 1 fully saturated rings. The SMILES string of the molecule is Cc1cc(C)cc(OCCN2CCC(OCCO)CC2)c1. The van der Waals surface area contributed by atoms with Gasteiger partial charge in [-0.3, -0.25) is 4.90 Å². The summed E-state index contributed by atoms with van der Waals surface area (Å²) >= 11 is 0. The molecule has 1 aromatic carbocycles. The van der Waals surface area contributed by atoms with E-state index in [-0.39, 0.29) is 6.61 Å². The molecule has 0 unspecified atom stereocenters. The fourth-order valence-electron chi connectivity index (χ4n) is 2.83. The average molecular weight is 293 g/mol. The summed E-state index contributed by atoms with van der Waals surface area (Å²) in [6.07, 6.45) is 2.40. The molecular weight excluding hydrogens is 266 g/mol. The van der Waals surface area contributed by atoms with E-state index < -0.39 is 0 Å². The minimum absolute atomic E-state index is 0.115. The molecule has 21 heavy (non-hydrogen) atoms. The predicted molar refractivity (Wildman–Crippen MR) is 83.9 cm³/mol. The fraction of sp³-hybridized carbons (Fsp3) is 0.647. The van der Waals surface area contributed by atoms with Crippen molar-refractivity contribution in [2.75, 3.05) is 39.5 Å². The molecule has 0 amide bonds. The summed E-state index contributed by atoms with van der Waals surface area (Å²) in [7, 11) is 0. The summed E-state index contributed by atoms with van der Waals surface area (Å²) in [4.78, 5) is 2.42. The maximum atomic E-state index is 8.76. The Kier molecular flexibility index (Phi) is 6.49. The lowest BCUT2D eigenvalue weighted by molar-refractivity contribution is -0.00923. The Morgan fingerprint density at radius 2 is 1.76 bits per heavy atom. The van der Waals surface area contributed by atoms with Gasteiger partial charge in [0, 0.05) is 19.6 Å². The predicted octanol–water partition coefficient (Wildman–Crippen LogP) is 2.16. The van der Waals surface area contributed by atoms with Gasteiger partial charge >= 0.3 is 0 Å². The fourth-order valence-corrected chi connectivity index (χ4v) is 2.83. The highest BCUT2D eigenvalue weighted by Crippen LogP contribution is 2.17. The van der Waals surface area contributed by atoms with Crippen molar-refractivity contribution >= 4 is 0 Å². The lowest BCUT2D eigenvalue weighted by Crippen LogP contribution is -2.39. The Balaban J connectivity index is 1.65. The van der Waals surface area contributed by atoms with Crippen molar-refractivity contribution in [2.45, 2.75) is 32.8 Å². The van der Waals surface area contributed by atoms with E-state index in [2.05, 4.69) is 36.9 Å². The highest BCUT2D eigenvalue weighted by Gasteiger charge is 2.19. The van der Waals surface area contributed by atoms with Gasteiger partial charge in [-0.2, -0.15) is 0 Å². The number of aryl methyl sites for hydroxylation is 2. The molecule has 0 aromatic heterocycles. The number of hydrogen-bond donors (Lipinski definition) is 1. The van der Waals surface area contributed by atoms with E-state index in [0.29, 0.717) is 12.7 Å². The summed E-state index contributed by atoms with van der Waals surface area (Å²) in [5.74, 6) is 0.966. The van der Waals surface area contributed by atoms with Crippen LogP contribution >= 0.6 is 0 Å². The standard InChI is InChI=1S/C17H27NO3/c1-14-11-15(2)13-17(12-14)20-9-7-18-5-3-16(4-6-18)21-10-8-19/h11-13,16,19H,3-10H2,1-2H3. The molecular formula is C17H27NO3. The normalized spacial score (nSPS) is 17.1. The number of benzene rings is 1. The number of rotatable bonds is 7. The second-order valence-corrected chi connectivity index (χ2v) is 5.81. The average Bonchev–Trinajstić information content (AvgIpc) is 2.45. The number of nitrogens with zero attached hydrogens (tertiary/aromatic N) is 1. The molecule has 1 heterocycles. The van der Waals surface area contributed by atoms with Gasteiger partial charge in [0.15, 0.2) is 0 Å².